The first-order chi connectivity index (χ1) is 10.2. The largest absolute Gasteiger partial charge is 0.496 e. The van der Waals surface area contributed by atoms with Crippen molar-refractivity contribution in [3.05, 3.63) is 60.2 Å². The van der Waals surface area contributed by atoms with Crippen molar-refractivity contribution in [1.29, 1.82) is 0 Å². The summed E-state index contributed by atoms with van der Waals surface area (Å²) < 4.78 is 10.8. The van der Waals surface area contributed by atoms with E-state index in [1.54, 1.807) is 31.2 Å². The molecule has 0 bridgehead atoms. The summed E-state index contributed by atoms with van der Waals surface area (Å²) in [5.41, 5.74) is 0.558. The second-order valence-electron chi connectivity index (χ2n) is 4.59. The quantitative estimate of drug-likeness (QED) is 0.819. The molecular formula is C17H19NO3. The van der Waals surface area contributed by atoms with Gasteiger partial charge in [0.2, 0.25) is 0 Å². The monoisotopic (exact) mass is 285 g/mol. The van der Waals surface area contributed by atoms with Crippen LogP contribution < -0.4 is 9.47 Å². The van der Waals surface area contributed by atoms with Crippen molar-refractivity contribution in [3.8, 4) is 11.5 Å². The summed E-state index contributed by atoms with van der Waals surface area (Å²) in [6, 6.07) is 16.8. The fourth-order valence-corrected chi connectivity index (χ4v) is 1.95. The van der Waals surface area contributed by atoms with Crippen molar-refractivity contribution in [2.45, 2.75) is 0 Å². The molecule has 0 unspecified atom stereocenters. The van der Waals surface area contributed by atoms with E-state index in [1.165, 1.54) is 0 Å². The van der Waals surface area contributed by atoms with E-state index in [0.717, 1.165) is 5.75 Å². The van der Waals surface area contributed by atoms with E-state index < -0.39 is 0 Å². The van der Waals surface area contributed by atoms with Crippen molar-refractivity contribution in [2.75, 3.05) is 27.3 Å². The summed E-state index contributed by atoms with van der Waals surface area (Å²) in [5, 5.41) is 0. The molecule has 4 heteroatoms. The number of carbonyl (C=O) groups is 1. The average Bonchev–Trinajstić information content (AvgIpc) is 2.55. The molecule has 2 aromatic carbocycles. The van der Waals surface area contributed by atoms with Crippen LogP contribution in [0.2, 0.25) is 0 Å². The lowest BCUT2D eigenvalue weighted by molar-refractivity contribution is 0.0770. The lowest BCUT2D eigenvalue weighted by Gasteiger charge is -2.18. The average molecular weight is 285 g/mol. The highest BCUT2D eigenvalue weighted by atomic mass is 16.5. The van der Waals surface area contributed by atoms with Gasteiger partial charge in [-0.25, -0.2) is 0 Å². The van der Waals surface area contributed by atoms with Crippen molar-refractivity contribution in [3.63, 3.8) is 0 Å². The Kier molecular flexibility index (Phi) is 5.21. The molecule has 0 N–H and O–H groups in total. The summed E-state index contributed by atoms with van der Waals surface area (Å²) in [5.74, 6) is 1.30. The van der Waals surface area contributed by atoms with Gasteiger partial charge in [0.25, 0.3) is 5.91 Å². The molecule has 0 radical (unpaired) electrons. The lowest BCUT2D eigenvalue weighted by atomic mass is 10.2. The van der Waals surface area contributed by atoms with Crippen LogP contribution in [0.1, 0.15) is 10.4 Å². The number of rotatable bonds is 6. The number of nitrogens with zero attached hydrogens (tertiary/aromatic N) is 1. The number of benzene rings is 2. The number of carbonyl (C=O) groups excluding carboxylic acids is 1. The summed E-state index contributed by atoms with van der Waals surface area (Å²) in [7, 11) is 3.31. The van der Waals surface area contributed by atoms with E-state index in [0.29, 0.717) is 24.5 Å². The SMILES string of the molecule is COc1ccccc1C(=O)N(C)CCOc1ccccc1. The molecule has 21 heavy (non-hydrogen) atoms. The molecule has 0 saturated heterocycles. The highest BCUT2D eigenvalue weighted by molar-refractivity contribution is 5.96. The Morgan fingerprint density at radius 1 is 1.05 bits per heavy atom. The van der Waals surface area contributed by atoms with Crippen molar-refractivity contribution in [1.82, 2.24) is 4.90 Å². The van der Waals surface area contributed by atoms with E-state index in [2.05, 4.69) is 0 Å². The minimum Gasteiger partial charge on any atom is -0.496 e. The maximum absolute atomic E-state index is 12.4. The molecule has 2 rings (SSSR count). The number of hydrogen-bond acceptors (Lipinski definition) is 3. The van der Waals surface area contributed by atoms with Crippen molar-refractivity contribution < 1.29 is 14.3 Å². The molecule has 4 nitrogen and oxygen atoms in total. The minimum absolute atomic E-state index is 0.0795. The Balaban J connectivity index is 1.91. The maximum atomic E-state index is 12.4. The number of methoxy groups -OCH3 is 1. The lowest BCUT2D eigenvalue weighted by Crippen LogP contribution is -2.31. The van der Waals surface area contributed by atoms with Crippen molar-refractivity contribution >= 4 is 5.91 Å². The second-order valence-corrected chi connectivity index (χ2v) is 4.59. The number of likely N-dealkylation sites (N-methyl/N-ethyl adjacent to an activating group) is 1. The van der Waals surface area contributed by atoms with Gasteiger partial charge in [-0.15, -0.1) is 0 Å². The van der Waals surface area contributed by atoms with Gasteiger partial charge in [0.15, 0.2) is 0 Å². The zero-order valence-electron chi connectivity index (χ0n) is 12.3. The van der Waals surface area contributed by atoms with E-state index >= 15 is 0 Å². The molecule has 2 aromatic rings. The Morgan fingerprint density at radius 3 is 2.43 bits per heavy atom. The van der Waals surface area contributed by atoms with Gasteiger partial charge in [0.05, 0.1) is 19.2 Å². The number of ether oxygens (including phenoxy) is 2. The van der Waals surface area contributed by atoms with Crippen LogP contribution >= 0.6 is 0 Å². The van der Waals surface area contributed by atoms with Gasteiger partial charge in [-0.2, -0.15) is 0 Å². The maximum Gasteiger partial charge on any atom is 0.257 e. The van der Waals surface area contributed by atoms with Crippen LogP contribution in [0.5, 0.6) is 11.5 Å². The normalized spacial score (nSPS) is 10.0. The number of para-hydroxylation sites is 2. The fourth-order valence-electron chi connectivity index (χ4n) is 1.95. The third-order valence-corrected chi connectivity index (χ3v) is 3.12. The molecule has 110 valence electrons. The Labute approximate surface area is 124 Å². The summed E-state index contributed by atoms with van der Waals surface area (Å²) in [6.07, 6.45) is 0. The Bertz CT molecular complexity index is 584. The van der Waals surface area contributed by atoms with Crippen LogP contribution in [0, 0.1) is 0 Å². The van der Waals surface area contributed by atoms with Crippen molar-refractivity contribution in [2.24, 2.45) is 0 Å². The van der Waals surface area contributed by atoms with E-state index in [-0.39, 0.29) is 5.91 Å². The van der Waals surface area contributed by atoms with Gasteiger partial charge >= 0.3 is 0 Å². The van der Waals surface area contributed by atoms with Crippen LogP contribution in [0.25, 0.3) is 0 Å². The molecule has 1 amide bonds. The second kappa shape index (κ2) is 7.33. The van der Waals surface area contributed by atoms with E-state index in [9.17, 15) is 4.79 Å². The van der Waals surface area contributed by atoms with E-state index in [1.807, 2.05) is 42.5 Å². The molecule has 0 aliphatic heterocycles. The van der Waals surface area contributed by atoms with E-state index in [4.69, 9.17) is 9.47 Å². The Morgan fingerprint density at radius 2 is 1.71 bits per heavy atom. The third-order valence-electron chi connectivity index (χ3n) is 3.12. The van der Waals surface area contributed by atoms with Gasteiger partial charge in [-0.1, -0.05) is 30.3 Å². The fraction of sp³-hybridized carbons (Fsp3) is 0.235. The minimum atomic E-state index is -0.0795. The first kappa shape index (κ1) is 14.9. The molecule has 0 atom stereocenters. The van der Waals surface area contributed by atoms with Gasteiger partial charge in [-0.3, -0.25) is 4.79 Å². The standard InChI is InChI=1S/C17H19NO3/c1-18(12-13-21-14-8-4-3-5-9-14)17(19)15-10-6-7-11-16(15)20-2/h3-11H,12-13H2,1-2H3. The van der Waals surface area contributed by atoms with Gasteiger partial charge < -0.3 is 14.4 Å². The predicted octanol–water partition coefficient (Wildman–Crippen LogP) is 2.85. The van der Waals surface area contributed by atoms with Crippen LogP contribution in [0.3, 0.4) is 0 Å². The molecular weight excluding hydrogens is 266 g/mol. The Hall–Kier alpha value is -2.49. The zero-order chi connectivity index (χ0) is 15.1. The third kappa shape index (κ3) is 3.99. The topological polar surface area (TPSA) is 38.8 Å². The summed E-state index contributed by atoms with van der Waals surface area (Å²) in [6.45, 7) is 0.952. The van der Waals surface area contributed by atoms with Gasteiger partial charge in [-0.05, 0) is 24.3 Å². The van der Waals surface area contributed by atoms with Crippen LogP contribution in [-0.2, 0) is 0 Å². The smallest absolute Gasteiger partial charge is 0.257 e. The first-order valence-electron chi connectivity index (χ1n) is 6.78. The number of hydrogen-bond donors (Lipinski definition) is 0. The highest BCUT2D eigenvalue weighted by Gasteiger charge is 2.15. The predicted molar refractivity (Wildman–Crippen MR) is 81.9 cm³/mol. The molecule has 0 spiro atoms. The molecule has 0 aliphatic rings. The molecule has 0 aliphatic carbocycles. The van der Waals surface area contributed by atoms with Gasteiger partial charge in [0, 0.05) is 7.05 Å². The molecule has 0 fully saturated rings. The van der Waals surface area contributed by atoms with Crippen LogP contribution in [0.4, 0.5) is 0 Å². The molecule has 0 saturated carbocycles. The first-order valence-corrected chi connectivity index (χ1v) is 6.78. The van der Waals surface area contributed by atoms with Crippen LogP contribution in [0.15, 0.2) is 54.6 Å². The zero-order valence-corrected chi connectivity index (χ0v) is 12.3. The highest BCUT2D eigenvalue weighted by Crippen LogP contribution is 2.18. The summed E-state index contributed by atoms with van der Waals surface area (Å²) >= 11 is 0. The number of amides is 1. The van der Waals surface area contributed by atoms with Crippen LogP contribution in [-0.4, -0.2) is 38.1 Å². The summed E-state index contributed by atoms with van der Waals surface area (Å²) in [4.78, 5) is 14.0. The molecule has 0 aromatic heterocycles. The van der Waals surface area contributed by atoms with Gasteiger partial charge in [0.1, 0.15) is 18.1 Å². The molecule has 0 heterocycles.